The average molecular weight is 660 g/mol. The number of benzene rings is 3. The summed E-state index contributed by atoms with van der Waals surface area (Å²) < 4.78 is 64.9. The van der Waals surface area contributed by atoms with Gasteiger partial charge in [-0.25, -0.2) is 0 Å². The molecule has 5 N–H and O–H groups in total. The SMILES string of the molecule is CCn1ncc2c(N3CCCS3(O)O)cc(C(=O)N[C@@H](Cc3ccccc3)[C@H](O)CNC(C)(C)c3cccc(C(F)(F)F)c3)cc21. The Morgan fingerprint density at radius 2 is 1.76 bits per heavy atom. The van der Waals surface area contributed by atoms with Crippen LogP contribution in [0.15, 0.2) is 72.9 Å². The molecule has 1 aromatic heterocycles. The quantitative estimate of drug-likeness (QED) is 0.130. The second-order valence-corrected chi connectivity index (χ2v) is 14.2. The zero-order valence-electron chi connectivity index (χ0n) is 26.0. The van der Waals surface area contributed by atoms with Crippen LogP contribution in [0.5, 0.6) is 0 Å². The predicted octanol–water partition coefficient (Wildman–Crippen LogP) is 6.18. The van der Waals surface area contributed by atoms with Crippen molar-refractivity contribution in [1.29, 1.82) is 0 Å². The van der Waals surface area contributed by atoms with E-state index in [4.69, 9.17) is 0 Å². The average Bonchev–Trinajstić information content (AvgIpc) is 3.61. The van der Waals surface area contributed by atoms with E-state index in [0.29, 0.717) is 41.7 Å². The summed E-state index contributed by atoms with van der Waals surface area (Å²) >= 11 is 0. The molecular weight excluding hydrogens is 619 g/mol. The first-order chi connectivity index (χ1) is 21.7. The van der Waals surface area contributed by atoms with E-state index in [2.05, 4.69) is 15.7 Å². The van der Waals surface area contributed by atoms with Crippen LogP contribution in [0.1, 0.15) is 54.2 Å². The minimum absolute atomic E-state index is 0.0252. The Morgan fingerprint density at radius 3 is 2.41 bits per heavy atom. The van der Waals surface area contributed by atoms with Gasteiger partial charge in [0.2, 0.25) is 0 Å². The molecule has 1 amide bonds. The van der Waals surface area contributed by atoms with Gasteiger partial charge >= 0.3 is 6.18 Å². The predicted molar refractivity (Wildman–Crippen MR) is 175 cm³/mol. The van der Waals surface area contributed by atoms with Gasteiger partial charge in [0.1, 0.15) is 0 Å². The number of aromatic nitrogens is 2. The number of aryl methyl sites for hydroxylation is 1. The van der Waals surface area contributed by atoms with E-state index >= 15 is 0 Å². The highest BCUT2D eigenvalue weighted by molar-refractivity contribution is 8.25. The molecule has 5 rings (SSSR count). The monoisotopic (exact) mass is 659 g/mol. The number of nitrogens with one attached hydrogen (secondary N) is 2. The standard InChI is InChI=1S/C33H40F3N5O4S/c1-4-40-28-17-23(18-29(26(28)20-38-40)41-14-9-15-46(41,44)45)31(43)39-27(16-22-10-6-5-7-11-22)30(42)21-37-32(2,3)24-12-8-13-25(19-24)33(34,35)36/h5-8,10-13,17-20,27,30,37,42,44-45H,4,9,14-16,21H2,1-3H3,(H,39,43)/t27-,30+/m0/s1. The van der Waals surface area contributed by atoms with Crippen LogP contribution in [0.2, 0.25) is 0 Å². The molecule has 0 radical (unpaired) electrons. The summed E-state index contributed by atoms with van der Waals surface area (Å²) in [5, 5.41) is 22.7. The van der Waals surface area contributed by atoms with Gasteiger partial charge in [-0.3, -0.25) is 22.9 Å². The highest BCUT2D eigenvalue weighted by Gasteiger charge is 2.34. The molecule has 0 aliphatic carbocycles. The van der Waals surface area contributed by atoms with Gasteiger partial charge in [-0.2, -0.15) is 18.3 Å². The molecule has 248 valence electrons. The van der Waals surface area contributed by atoms with Crippen molar-refractivity contribution in [3.8, 4) is 0 Å². The van der Waals surface area contributed by atoms with Gasteiger partial charge in [-0.1, -0.05) is 42.5 Å². The molecule has 2 atom stereocenters. The fourth-order valence-corrected chi connectivity index (χ4v) is 7.40. The molecule has 3 aromatic carbocycles. The highest BCUT2D eigenvalue weighted by Crippen LogP contribution is 2.52. The number of anilines is 1. The summed E-state index contributed by atoms with van der Waals surface area (Å²) in [5.41, 5.74) is 1.02. The van der Waals surface area contributed by atoms with E-state index in [-0.39, 0.29) is 24.3 Å². The van der Waals surface area contributed by atoms with Gasteiger partial charge in [-0.15, -0.1) is 10.8 Å². The summed E-state index contributed by atoms with van der Waals surface area (Å²) in [6.45, 7) is 6.31. The van der Waals surface area contributed by atoms with Crippen molar-refractivity contribution in [2.75, 3.05) is 23.1 Å². The molecule has 46 heavy (non-hydrogen) atoms. The molecule has 0 spiro atoms. The van der Waals surface area contributed by atoms with Crippen LogP contribution < -0.4 is 14.9 Å². The maximum Gasteiger partial charge on any atom is 0.416 e. The number of aliphatic hydroxyl groups excluding tert-OH is 1. The van der Waals surface area contributed by atoms with Gasteiger partial charge in [0.15, 0.2) is 0 Å². The molecule has 1 fully saturated rings. The summed E-state index contributed by atoms with van der Waals surface area (Å²) in [5.74, 6) is -0.234. The number of halogens is 3. The third-order valence-electron chi connectivity index (χ3n) is 8.45. The number of nitrogens with zero attached hydrogens (tertiary/aromatic N) is 3. The lowest BCUT2D eigenvalue weighted by atomic mass is 9.92. The zero-order valence-corrected chi connectivity index (χ0v) is 26.8. The first kappa shape index (κ1) is 33.7. The number of carbonyl (C=O) groups excluding carboxylic acids is 1. The van der Waals surface area contributed by atoms with E-state index in [1.165, 1.54) is 6.07 Å². The number of amides is 1. The lowest BCUT2D eigenvalue weighted by molar-refractivity contribution is -0.137. The van der Waals surface area contributed by atoms with E-state index < -0.39 is 46.1 Å². The minimum Gasteiger partial charge on any atom is -0.390 e. The van der Waals surface area contributed by atoms with Crippen molar-refractivity contribution in [3.05, 3.63) is 95.2 Å². The first-order valence-corrected chi connectivity index (χ1v) is 16.9. The fourth-order valence-electron chi connectivity index (χ4n) is 5.78. The lowest BCUT2D eigenvalue weighted by Crippen LogP contribution is -2.51. The number of rotatable bonds is 11. The molecule has 0 bridgehead atoms. The van der Waals surface area contributed by atoms with E-state index in [0.717, 1.165) is 17.7 Å². The van der Waals surface area contributed by atoms with Gasteiger partial charge in [-0.05, 0) is 69.0 Å². The smallest absolute Gasteiger partial charge is 0.390 e. The second kappa shape index (κ2) is 13.2. The van der Waals surface area contributed by atoms with E-state index in [9.17, 15) is 32.2 Å². The fraction of sp³-hybridized carbons (Fsp3) is 0.394. The normalized spacial score (nSPS) is 17.2. The van der Waals surface area contributed by atoms with Crippen LogP contribution in [-0.2, 0) is 24.7 Å². The maximum absolute atomic E-state index is 13.9. The van der Waals surface area contributed by atoms with Crippen molar-refractivity contribution in [1.82, 2.24) is 20.4 Å². The molecule has 2 heterocycles. The van der Waals surface area contributed by atoms with Crippen LogP contribution in [0, 0.1) is 0 Å². The number of aliphatic hydroxyl groups is 1. The van der Waals surface area contributed by atoms with Crippen LogP contribution >= 0.6 is 10.8 Å². The summed E-state index contributed by atoms with van der Waals surface area (Å²) in [6.07, 6.45) is -3.07. The van der Waals surface area contributed by atoms with Crippen LogP contribution in [0.25, 0.3) is 10.9 Å². The molecular formula is C33H40F3N5O4S. The van der Waals surface area contributed by atoms with Crippen molar-refractivity contribution < 1.29 is 32.2 Å². The minimum atomic E-state index is -4.49. The Labute approximate surface area is 267 Å². The third-order valence-corrected chi connectivity index (χ3v) is 10.4. The molecule has 1 aliphatic heterocycles. The van der Waals surface area contributed by atoms with E-state index in [1.807, 2.05) is 37.3 Å². The van der Waals surface area contributed by atoms with Crippen molar-refractivity contribution >= 4 is 33.3 Å². The maximum atomic E-state index is 13.9. The van der Waals surface area contributed by atoms with Crippen LogP contribution in [0.4, 0.5) is 18.9 Å². The number of fused-ring (bicyclic) bond motifs is 1. The summed E-state index contributed by atoms with van der Waals surface area (Å²) in [6, 6.07) is 17.0. The Hall–Kier alpha value is -3.62. The zero-order chi connectivity index (χ0) is 33.3. The number of hydrogen-bond donors (Lipinski definition) is 5. The molecule has 0 unspecified atom stereocenters. The summed E-state index contributed by atoms with van der Waals surface area (Å²) in [7, 11) is -3.05. The molecule has 9 nitrogen and oxygen atoms in total. The molecule has 1 aliphatic rings. The van der Waals surface area contributed by atoms with Crippen LogP contribution in [-0.4, -0.2) is 60.9 Å². The third kappa shape index (κ3) is 7.34. The summed E-state index contributed by atoms with van der Waals surface area (Å²) in [4.78, 5) is 13.9. The lowest BCUT2D eigenvalue weighted by Gasteiger charge is -2.38. The Kier molecular flexibility index (Phi) is 9.71. The number of alkyl halides is 3. The van der Waals surface area contributed by atoms with Crippen molar-refractivity contribution in [3.63, 3.8) is 0 Å². The van der Waals surface area contributed by atoms with Gasteiger partial charge in [0, 0.05) is 36.1 Å². The highest BCUT2D eigenvalue weighted by atomic mass is 32.3. The second-order valence-electron chi connectivity index (χ2n) is 12.1. The topological polar surface area (TPSA) is 123 Å². The number of carbonyl (C=O) groups is 1. The Bertz CT molecular complexity index is 1680. The molecule has 1 saturated heterocycles. The molecule has 0 saturated carbocycles. The van der Waals surface area contributed by atoms with Gasteiger partial charge in [0.25, 0.3) is 5.91 Å². The van der Waals surface area contributed by atoms with Gasteiger partial charge < -0.3 is 15.7 Å². The van der Waals surface area contributed by atoms with E-state index in [1.54, 1.807) is 47.2 Å². The molecule has 13 heteroatoms. The van der Waals surface area contributed by atoms with Gasteiger partial charge in [0.05, 0.1) is 40.9 Å². The van der Waals surface area contributed by atoms with Crippen LogP contribution in [0.3, 0.4) is 0 Å². The molecule has 4 aromatic rings. The Morgan fingerprint density at radius 1 is 1.04 bits per heavy atom. The first-order valence-electron chi connectivity index (χ1n) is 15.2. The largest absolute Gasteiger partial charge is 0.416 e. The van der Waals surface area contributed by atoms with Crippen molar-refractivity contribution in [2.45, 2.75) is 64.0 Å². The van der Waals surface area contributed by atoms with Crippen molar-refractivity contribution in [2.24, 2.45) is 0 Å². The Balaban J connectivity index is 1.41. The number of hydrogen-bond acceptors (Lipinski definition) is 7.